The molecule has 37 heavy (non-hydrogen) atoms. The molecule has 1 saturated heterocycles. The summed E-state index contributed by atoms with van der Waals surface area (Å²) in [6.07, 6.45) is 0.755. The van der Waals surface area contributed by atoms with Crippen LogP contribution in [0.25, 0.3) is 0 Å². The standard InChI is InChI=1S/C24H25ClF4N6O2/c25-22-20(11-32-35(23(22)36)21-3-1-2-8-37-21)33-7-6-18-17(12-33)31-13-34(18)19(10-30)15-5-4-14(26)9-16(15)24(27,28)29/h4-5,9,11,13,19,21H,1-3,6-8,10,12,30H2. The van der Waals surface area contributed by atoms with Crippen molar-refractivity contribution in [3.8, 4) is 0 Å². The van der Waals surface area contributed by atoms with Crippen molar-refractivity contribution in [2.45, 2.75) is 50.7 Å². The van der Waals surface area contributed by atoms with E-state index in [4.69, 9.17) is 22.1 Å². The Labute approximate surface area is 214 Å². The van der Waals surface area contributed by atoms with Gasteiger partial charge in [0.25, 0.3) is 5.56 Å². The number of hydrogen-bond acceptors (Lipinski definition) is 6. The smallest absolute Gasteiger partial charge is 0.362 e. The van der Waals surface area contributed by atoms with E-state index in [1.54, 1.807) is 4.57 Å². The molecule has 198 valence electrons. The molecule has 3 aromatic rings. The van der Waals surface area contributed by atoms with Crippen LogP contribution in [0, 0.1) is 5.82 Å². The third kappa shape index (κ3) is 4.85. The average molecular weight is 541 g/mol. The zero-order chi connectivity index (χ0) is 26.3. The lowest BCUT2D eigenvalue weighted by Crippen LogP contribution is -2.36. The molecule has 1 aromatic carbocycles. The van der Waals surface area contributed by atoms with Gasteiger partial charge in [0.15, 0.2) is 6.23 Å². The molecule has 0 spiro atoms. The Morgan fingerprint density at radius 2 is 2.08 bits per heavy atom. The van der Waals surface area contributed by atoms with Crippen molar-refractivity contribution in [2.75, 3.05) is 24.6 Å². The molecule has 0 aliphatic carbocycles. The summed E-state index contributed by atoms with van der Waals surface area (Å²) in [7, 11) is 0. The highest BCUT2D eigenvalue weighted by atomic mass is 35.5. The number of fused-ring (bicyclic) bond motifs is 1. The maximum Gasteiger partial charge on any atom is 0.416 e. The van der Waals surface area contributed by atoms with Crippen LogP contribution in [-0.4, -0.2) is 39.0 Å². The first-order valence-corrected chi connectivity index (χ1v) is 12.3. The van der Waals surface area contributed by atoms with E-state index < -0.39 is 35.4 Å². The third-order valence-electron chi connectivity index (χ3n) is 6.87. The van der Waals surface area contributed by atoms with Crippen LogP contribution in [0.15, 0.2) is 35.5 Å². The number of hydrogen-bond donors (Lipinski definition) is 1. The third-order valence-corrected chi connectivity index (χ3v) is 7.23. The first kappa shape index (κ1) is 25.7. The second kappa shape index (κ2) is 10.1. The first-order chi connectivity index (χ1) is 17.7. The summed E-state index contributed by atoms with van der Waals surface area (Å²) in [6.45, 7) is 1.12. The van der Waals surface area contributed by atoms with E-state index in [0.29, 0.717) is 43.4 Å². The molecular formula is C24H25ClF4N6O2. The molecule has 2 atom stereocenters. The zero-order valence-corrected chi connectivity index (χ0v) is 20.5. The van der Waals surface area contributed by atoms with Crippen molar-refractivity contribution in [1.82, 2.24) is 19.3 Å². The number of rotatable bonds is 5. The van der Waals surface area contributed by atoms with Crippen molar-refractivity contribution >= 4 is 17.3 Å². The molecule has 2 N–H and O–H groups in total. The van der Waals surface area contributed by atoms with Gasteiger partial charge in [0.05, 0.1) is 42.1 Å². The Kier molecular flexibility index (Phi) is 6.99. The van der Waals surface area contributed by atoms with E-state index >= 15 is 0 Å². The van der Waals surface area contributed by atoms with Crippen LogP contribution in [0.5, 0.6) is 0 Å². The number of halogens is 5. The predicted molar refractivity (Wildman–Crippen MR) is 128 cm³/mol. The van der Waals surface area contributed by atoms with Gasteiger partial charge in [0, 0.05) is 31.8 Å². The largest absolute Gasteiger partial charge is 0.416 e. The summed E-state index contributed by atoms with van der Waals surface area (Å²) < 4.78 is 63.2. The second-order valence-corrected chi connectivity index (χ2v) is 9.49. The molecule has 2 aliphatic heterocycles. The highest BCUT2D eigenvalue weighted by molar-refractivity contribution is 6.33. The summed E-state index contributed by atoms with van der Waals surface area (Å²) >= 11 is 6.46. The number of benzene rings is 1. The van der Waals surface area contributed by atoms with Crippen molar-refractivity contribution in [3.63, 3.8) is 0 Å². The lowest BCUT2D eigenvalue weighted by Gasteiger charge is -2.31. The number of alkyl halides is 3. The van der Waals surface area contributed by atoms with Crippen molar-refractivity contribution < 1.29 is 22.3 Å². The number of aromatic nitrogens is 4. The SMILES string of the molecule is NCC(c1ccc(F)cc1C(F)(F)F)n1cnc2c1CCN(c1cnn(C3CCCCO3)c(=O)c1Cl)C2. The van der Waals surface area contributed by atoms with Crippen LogP contribution in [0.3, 0.4) is 0 Å². The average Bonchev–Trinajstić information content (AvgIpc) is 3.30. The lowest BCUT2D eigenvalue weighted by molar-refractivity contribution is -0.138. The van der Waals surface area contributed by atoms with Gasteiger partial charge in [-0.25, -0.2) is 9.37 Å². The van der Waals surface area contributed by atoms with Gasteiger partial charge in [0.1, 0.15) is 10.8 Å². The molecule has 0 amide bonds. The van der Waals surface area contributed by atoms with Gasteiger partial charge in [0.2, 0.25) is 0 Å². The summed E-state index contributed by atoms with van der Waals surface area (Å²) in [5.74, 6) is -0.974. The normalized spacial score (nSPS) is 19.1. The van der Waals surface area contributed by atoms with Crippen LogP contribution in [-0.2, 0) is 23.9 Å². The predicted octanol–water partition coefficient (Wildman–Crippen LogP) is 4.06. The maximum atomic E-state index is 13.7. The Morgan fingerprint density at radius 3 is 2.78 bits per heavy atom. The molecule has 0 saturated carbocycles. The Morgan fingerprint density at radius 1 is 1.27 bits per heavy atom. The van der Waals surface area contributed by atoms with Crippen LogP contribution < -0.4 is 16.2 Å². The highest BCUT2D eigenvalue weighted by Crippen LogP contribution is 2.37. The molecule has 1 fully saturated rings. The van der Waals surface area contributed by atoms with E-state index in [0.717, 1.165) is 30.7 Å². The molecule has 0 radical (unpaired) electrons. The van der Waals surface area contributed by atoms with Gasteiger partial charge in [-0.3, -0.25) is 4.79 Å². The molecular weight excluding hydrogens is 516 g/mol. The van der Waals surface area contributed by atoms with Gasteiger partial charge in [-0.2, -0.15) is 23.0 Å². The molecule has 5 rings (SSSR count). The van der Waals surface area contributed by atoms with E-state index in [1.807, 2.05) is 4.90 Å². The van der Waals surface area contributed by atoms with Crippen LogP contribution in [0.4, 0.5) is 23.2 Å². The number of anilines is 1. The Hall–Kier alpha value is -2.96. The van der Waals surface area contributed by atoms with E-state index in [1.165, 1.54) is 17.2 Å². The fraction of sp³-hybridized carbons (Fsp3) is 0.458. The number of nitrogens with two attached hydrogens (primary N) is 1. The molecule has 4 heterocycles. The number of nitrogens with zero attached hydrogens (tertiary/aromatic N) is 5. The highest BCUT2D eigenvalue weighted by Gasteiger charge is 2.37. The zero-order valence-electron chi connectivity index (χ0n) is 19.7. The molecule has 0 bridgehead atoms. The minimum absolute atomic E-state index is 0.0213. The van der Waals surface area contributed by atoms with Gasteiger partial charge < -0.3 is 19.9 Å². The van der Waals surface area contributed by atoms with Gasteiger partial charge in [-0.15, -0.1) is 0 Å². The van der Waals surface area contributed by atoms with E-state index in [2.05, 4.69) is 10.1 Å². The quantitative estimate of drug-likeness (QED) is 0.491. The fourth-order valence-electron chi connectivity index (χ4n) is 5.04. The van der Waals surface area contributed by atoms with Crippen molar-refractivity contribution in [2.24, 2.45) is 5.73 Å². The summed E-state index contributed by atoms with van der Waals surface area (Å²) in [4.78, 5) is 19.2. The van der Waals surface area contributed by atoms with Crippen LogP contribution >= 0.6 is 11.6 Å². The van der Waals surface area contributed by atoms with Gasteiger partial charge >= 0.3 is 6.18 Å². The minimum Gasteiger partial charge on any atom is -0.362 e. The van der Waals surface area contributed by atoms with Crippen LogP contribution in [0.2, 0.25) is 5.02 Å². The molecule has 8 nitrogen and oxygen atoms in total. The molecule has 2 aromatic heterocycles. The van der Waals surface area contributed by atoms with E-state index in [9.17, 15) is 22.4 Å². The van der Waals surface area contributed by atoms with Crippen LogP contribution in [0.1, 0.15) is 54.0 Å². The molecule has 2 unspecified atom stereocenters. The lowest BCUT2D eigenvalue weighted by atomic mass is 9.98. The Bertz CT molecular complexity index is 1350. The second-order valence-electron chi connectivity index (χ2n) is 9.11. The van der Waals surface area contributed by atoms with Crippen molar-refractivity contribution in [3.05, 3.63) is 74.4 Å². The maximum absolute atomic E-state index is 13.7. The fourth-order valence-corrected chi connectivity index (χ4v) is 5.29. The minimum atomic E-state index is -4.74. The topological polar surface area (TPSA) is 91.2 Å². The molecule has 13 heteroatoms. The summed E-state index contributed by atoms with van der Waals surface area (Å²) in [6, 6.07) is 1.71. The number of imidazole rings is 1. The van der Waals surface area contributed by atoms with Gasteiger partial charge in [-0.05, 0) is 37.0 Å². The monoisotopic (exact) mass is 540 g/mol. The van der Waals surface area contributed by atoms with Crippen molar-refractivity contribution in [1.29, 1.82) is 0 Å². The summed E-state index contributed by atoms with van der Waals surface area (Å²) in [5.41, 5.74) is 6.07. The summed E-state index contributed by atoms with van der Waals surface area (Å²) in [5, 5.41) is 4.32. The van der Waals surface area contributed by atoms with E-state index in [-0.39, 0.29) is 23.7 Å². The first-order valence-electron chi connectivity index (χ1n) is 11.9. The molecule has 2 aliphatic rings. The Balaban J connectivity index is 1.43. The number of ether oxygens (including phenoxy) is 1. The van der Waals surface area contributed by atoms with Gasteiger partial charge in [-0.1, -0.05) is 17.7 Å².